The Morgan fingerprint density at radius 2 is 2.00 bits per heavy atom. The molecule has 16 heavy (non-hydrogen) atoms. The van der Waals surface area contributed by atoms with Gasteiger partial charge >= 0.3 is 0 Å². The van der Waals surface area contributed by atoms with Crippen molar-refractivity contribution in [3.8, 4) is 0 Å². The van der Waals surface area contributed by atoms with Crippen molar-refractivity contribution in [2.75, 3.05) is 0 Å². The highest BCUT2D eigenvalue weighted by Gasteiger charge is 2.25. The third-order valence-electron chi connectivity index (χ3n) is 3.50. The fraction of sp³-hybridized carbons (Fsp3) is 0.500. The van der Waals surface area contributed by atoms with Gasteiger partial charge < -0.3 is 0 Å². The van der Waals surface area contributed by atoms with Gasteiger partial charge in [-0.05, 0) is 30.7 Å². The van der Waals surface area contributed by atoms with Gasteiger partial charge in [-0.3, -0.25) is 4.79 Å². The summed E-state index contributed by atoms with van der Waals surface area (Å²) in [6, 6.07) is 10.6. The Hall–Kier alpha value is -0.760. The van der Waals surface area contributed by atoms with E-state index in [9.17, 15) is 4.79 Å². The maximum atomic E-state index is 11.3. The van der Waals surface area contributed by atoms with E-state index in [4.69, 9.17) is 0 Å². The smallest absolute Gasteiger partial charge is 0.189 e. The Kier molecular flexibility index (Phi) is 4.05. The molecule has 1 aromatic carbocycles. The normalized spacial score (nSPS) is 25.3. The second-order valence-electron chi connectivity index (χ2n) is 4.76. The molecule has 0 aliphatic heterocycles. The van der Waals surface area contributed by atoms with Crippen LogP contribution in [0.4, 0.5) is 0 Å². The average Bonchev–Trinajstić information content (AvgIpc) is 2.30. The van der Waals surface area contributed by atoms with Crippen LogP contribution in [0.25, 0.3) is 0 Å². The number of rotatable bonds is 3. The highest BCUT2D eigenvalue weighted by molar-refractivity contribution is 7.96. The number of hydrogen-bond acceptors (Lipinski definition) is 1. The van der Waals surface area contributed by atoms with Crippen LogP contribution >= 0.6 is 12.6 Å². The average molecular weight is 234 g/mol. The van der Waals surface area contributed by atoms with Crippen LogP contribution in [-0.2, 0) is 11.2 Å². The standard InChI is InChI=1S/C14H18OS/c15-14(16)13-8-4-7-12(10-13)9-11-5-2-1-3-6-11/h1-3,5-6,12-13H,4,7-10H2,(H,15,16). The lowest BCUT2D eigenvalue weighted by atomic mass is 9.79. The lowest BCUT2D eigenvalue weighted by molar-refractivity contribution is -0.115. The first-order chi connectivity index (χ1) is 7.75. The highest BCUT2D eigenvalue weighted by Crippen LogP contribution is 2.32. The third kappa shape index (κ3) is 3.11. The predicted molar refractivity (Wildman–Crippen MR) is 69.6 cm³/mol. The Morgan fingerprint density at radius 1 is 1.25 bits per heavy atom. The van der Waals surface area contributed by atoms with Crippen molar-refractivity contribution in [3.63, 3.8) is 0 Å². The van der Waals surface area contributed by atoms with Crippen LogP contribution in [0.5, 0.6) is 0 Å². The summed E-state index contributed by atoms with van der Waals surface area (Å²) in [4.78, 5) is 11.3. The number of carbonyl (C=O) groups is 1. The number of thiol groups is 1. The minimum absolute atomic E-state index is 0.0813. The van der Waals surface area contributed by atoms with Crippen molar-refractivity contribution < 1.29 is 4.79 Å². The van der Waals surface area contributed by atoms with Gasteiger partial charge in [-0.25, -0.2) is 0 Å². The maximum Gasteiger partial charge on any atom is 0.189 e. The highest BCUT2D eigenvalue weighted by atomic mass is 32.1. The van der Waals surface area contributed by atoms with Gasteiger partial charge in [0, 0.05) is 5.92 Å². The summed E-state index contributed by atoms with van der Waals surface area (Å²) in [5.74, 6) is 0.864. The first kappa shape index (κ1) is 11.7. The van der Waals surface area contributed by atoms with Gasteiger partial charge in [0.1, 0.15) is 0 Å². The molecule has 0 spiro atoms. The number of benzene rings is 1. The molecular weight excluding hydrogens is 216 g/mol. The van der Waals surface area contributed by atoms with E-state index in [1.54, 1.807) is 0 Å². The third-order valence-corrected chi connectivity index (χ3v) is 3.86. The molecule has 0 saturated heterocycles. The first-order valence-corrected chi connectivity index (χ1v) is 6.47. The van der Waals surface area contributed by atoms with Gasteiger partial charge in [0.2, 0.25) is 0 Å². The minimum atomic E-state index is 0.0813. The maximum absolute atomic E-state index is 11.3. The summed E-state index contributed by atoms with van der Waals surface area (Å²) in [6.45, 7) is 0. The molecule has 0 aromatic heterocycles. The van der Waals surface area contributed by atoms with Crippen molar-refractivity contribution >= 4 is 17.7 Å². The van der Waals surface area contributed by atoms with Gasteiger partial charge in [-0.1, -0.05) is 43.2 Å². The van der Waals surface area contributed by atoms with E-state index in [0.29, 0.717) is 5.92 Å². The van der Waals surface area contributed by atoms with Crippen molar-refractivity contribution in [1.29, 1.82) is 0 Å². The molecule has 1 aliphatic rings. The van der Waals surface area contributed by atoms with Gasteiger partial charge in [0.15, 0.2) is 5.12 Å². The molecule has 0 radical (unpaired) electrons. The molecule has 1 saturated carbocycles. The van der Waals surface area contributed by atoms with Crippen LogP contribution in [0.2, 0.25) is 0 Å². The number of carbonyl (C=O) groups excluding carboxylic acids is 1. The molecule has 2 atom stereocenters. The second kappa shape index (κ2) is 5.53. The minimum Gasteiger partial charge on any atom is -0.287 e. The fourth-order valence-corrected chi connectivity index (χ4v) is 2.88. The Labute approximate surface area is 103 Å². The van der Waals surface area contributed by atoms with Crippen LogP contribution in [0.15, 0.2) is 30.3 Å². The van der Waals surface area contributed by atoms with Crippen molar-refractivity contribution in [3.05, 3.63) is 35.9 Å². The fourth-order valence-electron chi connectivity index (χ4n) is 2.65. The molecule has 1 nitrogen and oxygen atoms in total. The summed E-state index contributed by atoms with van der Waals surface area (Å²) < 4.78 is 0. The molecular formula is C14H18OS. The Bertz CT molecular complexity index is 347. The van der Waals surface area contributed by atoms with Crippen molar-refractivity contribution in [2.45, 2.75) is 32.1 Å². The van der Waals surface area contributed by atoms with Gasteiger partial charge in [-0.15, -0.1) is 12.6 Å². The van der Waals surface area contributed by atoms with Gasteiger partial charge in [0.05, 0.1) is 0 Å². The molecule has 2 rings (SSSR count). The monoisotopic (exact) mass is 234 g/mol. The van der Waals surface area contributed by atoms with Crippen LogP contribution < -0.4 is 0 Å². The van der Waals surface area contributed by atoms with E-state index in [2.05, 4.69) is 36.9 Å². The van der Waals surface area contributed by atoms with Crippen LogP contribution in [0.1, 0.15) is 31.2 Å². The summed E-state index contributed by atoms with van der Waals surface area (Å²) in [5, 5.41) is 0.0813. The van der Waals surface area contributed by atoms with Crippen LogP contribution in [0, 0.1) is 11.8 Å². The van der Waals surface area contributed by atoms with Gasteiger partial charge in [-0.2, -0.15) is 0 Å². The number of hydrogen-bond donors (Lipinski definition) is 1. The molecule has 0 amide bonds. The topological polar surface area (TPSA) is 17.1 Å². The molecule has 0 bridgehead atoms. The predicted octanol–water partition coefficient (Wildman–Crippen LogP) is 3.49. The van der Waals surface area contributed by atoms with Gasteiger partial charge in [0.25, 0.3) is 0 Å². The molecule has 2 heteroatoms. The first-order valence-electron chi connectivity index (χ1n) is 6.02. The van der Waals surface area contributed by atoms with E-state index in [1.807, 2.05) is 6.07 Å². The second-order valence-corrected chi connectivity index (χ2v) is 5.20. The van der Waals surface area contributed by atoms with E-state index in [-0.39, 0.29) is 11.0 Å². The lowest BCUT2D eigenvalue weighted by Gasteiger charge is -2.27. The quantitative estimate of drug-likeness (QED) is 0.792. The molecule has 2 unspecified atom stereocenters. The van der Waals surface area contributed by atoms with E-state index in [0.717, 1.165) is 19.3 Å². The molecule has 86 valence electrons. The van der Waals surface area contributed by atoms with Crippen LogP contribution in [-0.4, -0.2) is 5.12 Å². The molecule has 0 N–H and O–H groups in total. The zero-order chi connectivity index (χ0) is 11.4. The molecule has 1 fully saturated rings. The van der Waals surface area contributed by atoms with E-state index in [1.165, 1.54) is 18.4 Å². The summed E-state index contributed by atoms with van der Waals surface area (Å²) >= 11 is 3.97. The SMILES string of the molecule is O=C(S)C1CCCC(Cc2ccccc2)C1. The van der Waals surface area contributed by atoms with Crippen molar-refractivity contribution in [1.82, 2.24) is 0 Å². The zero-order valence-corrected chi connectivity index (χ0v) is 10.3. The van der Waals surface area contributed by atoms with Crippen LogP contribution in [0.3, 0.4) is 0 Å². The largest absolute Gasteiger partial charge is 0.287 e. The summed E-state index contributed by atoms with van der Waals surface area (Å²) in [7, 11) is 0. The summed E-state index contributed by atoms with van der Waals surface area (Å²) in [6.07, 6.45) is 5.60. The molecule has 1 aliphatic carbocycles. The summed E-state index contributed by atoms with van der Waals surface area (Å²) in [5.41, 5.74) is 1.39. The Morgan fingerprint density at radius 3 is 2.69 bits per heavy atom. The molecule has 0 heterocycles. The van der Waals surface area contributed by atoms with E-state index >= 15 is 0 Å². The van der Waals surface area contributed by atoms with Crippen molar-refractivity contribution in [2.24, 2.45) is 11.8 Å². The molecule has 1 aromatic rings. The zero-order valence-electron chi connectivity index (χ0n) is 9.43. The Balaban J connectivity index is 1.93. The lowest BCUT2D eigenvalue weighted by Crippen LogP contribution is -2.21. The van der Waals surface area contributed by atoms with E-state index < -0.39 is 0 Å².